The summed E-state index contributed by atoms with van der Waals surface area (Å²) in [5.41, 5.74) is 4.73. The van der Waals surface area contributed by atoms with E-state index in [0.29, 0.717) is 17.9 Å². The third kappa shape index (κ3) is 3.60. The van der Waals surface area contributed by atoms with Gasteiger partial charge in [-0.15, -0.1) is 0 Å². The number of hydrogen-bond acceptors (Lipinski definition) is 1. The summed E-state index contributed by atoms with van der Waals surface area (Å²) < 4.78 is 0. The zero-order valence-electron chi connectivity index (χ0n) is 13.0. The van der Waals surface area contributed by atoms with Crippen LogP contribution >= 0.6 is 0 Å². The first kappa shape index (κ1) is 14.6. The van der Waals surface area contributed by atoms with E-state index in [2.05, 4.69) is 51.2 Å². The van der Waals surface area contributed by atoms with Gasteiger partial charge in [0.15, 0.2) is 0 Å². The minimum absolute atomic E-state index is 0.622. The zero-order valence-corrected chi connectivity index (χ0v) is 13.0. The van der Waals surface area contributed by atoms with Gasteiger partial charge in [0, 0.05) is 6.04 Å². The molecule has 0 aromatic heterocycles. The molecule has 1 aliphatic rings. The molecule has 1 fully saturated rings. The predicted octanol–water partition coefficient (Wildman–Crippen LogP) is 4.62. The maximum absolute atomic E-state index is 3.70. The first-order valence-corrected chi connectivity index (χ1v) is 7.94. The van der Waals surface area contributed by atoms with Crippen molar-refractivity contribution in [2.24, 2.45) is 0 Å². The SMILES string of the molecule is CC(C)c1cccc(C(C)C)c1CC1CCCCN1. The highest BCUT2D eigenvalue weighted by Gasteiger charge is 2.19. The summed E-state index contributed by atoms with van der Waals surface area (Å²) in [4.78, 5) is 0. The van der Waals surface area contributed by atoms with E-state index in [-0.39, 0.29) is 0 Å². The molecule has 1 aromatic rings. The Morgan fingerprint density at radius 1 is 1.05 bits per heavy atom. The zero-order chi connectivity index (χ0) is 13.8. The number of nitrogens with one attached hydrogen (secondary N) is 1. The molecule has 0 bridgehead atoms. The van der Waals surface area contributed by atoms with Crippen molar-refractivity contribution in [1.82, 2.24) is 5.32 Å². The number of piperidine rings is 1. The molecule has 106 valence electrons. The lowest BCUT2D eigenvalue weighted by Crippen LogP contribution is -2.36. The molecular formula is C18H29N. The summed E-state index contributed by atoms with van der Waals surface area (Å²) in [5, 5.41) is 3.70. The second kappa shape index (κ2) is 6.56. The summed E-state index contributed by atoms with van der Waals surface area (Å²) in [6.07, 6.45) is 5.28. The molecule has 1 heteroatoms. The third-order valence-corrected chi connectivity index (χ3v) is 4.36. The topological polar surface area (TPSA) is 12.0 Å². The van der Waals surface area contributed by atoms with Crippen molar-refractivity contribution in [1.29, 1.82) is 0 Å². The highest BCUT2D eigenvalue weighted by molar-refractivity contribution is 5.39. The molecule has 19 heavy (non-hydrogen) atoms. The van der Waals surface area contributed by atoms with Crippen molar-refractivity contribution >= 4 is 0 Å². The van der Waals surface area contributed by atoms with Gasteiger partial charge in [0.2, 0.25) is 0 Å². The van der Waals surface area contributed by atoms with Gasteiger partial charge in [0.05, 0.1) is 0 Å². The van der Waals surface area contributed by atoms with E-state index in [9.17, 15) is 0 Å². The molecule has 1 atom stereocenters. The molecule has 2 rings (SSSR count). The fraction of sp³-hybridized carbons (Fsp3) is 0.667. The maximum atomic E-state index is 3.70. The molecule has 1 heterocycles. The molecule has 1 nitrogen and oxygen atoms in total. The number of rotatable bonds is 4. The first-order chi connectivity index (χ1) is 9.09. The van der Waals surface area contributed by atoms with Crippen LogP contribution in [0.5, 0.6) is 0 Å². The third-order valence-electron chi connectivity index (χ3n) is 4.36. The summed E-state index contributed by atoms with van der Waals surface area (Å²) in [6, 6.07) is 7.58. The van der Waals surface area contributed by atoms with Gasteiger partial charge in [-0.05, 0) is 54.3 Å². The molecule has 1 saturated heterocycles. The Balaban J connectivity index is 2.28. The minimum Gasteiger partial charge on any atom is -0.314 e. The highest BCUT2D eigenvalue weighted by atomic mass is 14.9. The van der Waals surface area contributed by atoms with Crippen LogP contribution in [0.25, 0.3) is 0 Å². The maximum Gasteiger partial charge on any atom is 0.0108 e. The Labute approximate surface area is 118 Å². The van der Waals surface area contributed by atoms with E-state index in [0.717, 1.165) is 0 Å². The fourth-order valence-electron chi connectivity index (χ4n) is 3.29. The van der Waals surface area contributed by atoms with Crippen LogP contribution < -0.4 is 5.32 Å². The monoisotopic (exact) mass is 259 g/mol. The minimum atomic E-state index is 0.622. The Morgan fingerprint density at radius 3 is 2.16 bits per heavy atom. The smallest absolute Gasteiger partial charge is 0.0108 e. The largest absolute Gasteiger partial charge is 0.314 e. The average molecular weight is 259 g/mol. The standard InChI is InChI=1S/C18H29N/c1-13(2)16-9-7-10-17(14(3)4)18(16)12-15-8-5-6-11-19-15/h7,9-10,13-15,19H,5-6,8,11-12H2,1-4H3. The first-order valence-electron chi connectivity index (χ1n) is 7.94. The van der Waals surface area contributed by atoms with Gasteiger partial charge in [-0.3, -0.25) is 0 Å². The molecule has 0 radical (unpaired) electrons. The van der Waals surface area contributed by atoms with Crippen LogP contribution in [0.3, 0.4) is 0 Å². The number of benzene rings is 1. The van der Waals surface area contributed by atoms with E-state index in [1.54, 1.807) is 16.7 Å². The van der Waals surface area contributed by atoms with Crippen molar-refractivity contribution in [3.05, 3.63) is 34.9 Å². The van der Waals surface area contributed by atoms with Crippen molar-refractivity contribution in [2.75, 3.05) is 6.54 Å². The summed E-state index contributed by atoms with van der Waals surface area (Å²) in [5.74, 6) is 1.24. The van der Waals surface area contributed by atoms with Crippen LogP contribution in [0.4, 0.5) is 0 Å². The Kier molecular flexibility index (Phi) is 5.04. The number of hydrogen-bond donors (Lipinski definition) is 1. The molecule has 1 unspecified atom stereocenters. The molecule has 1 aromatic carbocycles. The lowest BCUT2D eigenvalue weighted by atomic mass is 9.84. The van der Waals surface area contributed by atoms with Gasteiger partial charge in [-0.25, -0.2) is 0 Å². The van der Waals surface area contributed by atoms with Crippen LogP contribution in [0, 0.1) is 0 Å². The summed E-state index contributed by atoms with van der Waals surface area (Å²) in [7, 11) is 0. The quantitative estimate of drug-likeness (QED) is 0.832. The summed E-state index contributed by atoms with van der Waals surface area (Å²) in [6.45, 7) is 10.5. The van der Waals surface area contributed by atoms with Gasteiger partial charge < -0.3 is 5.32 Å². The van der Waals surface area contributed by atoms with Gasteiger partial charge in [-0.1, -0.05) is 52.3 Å². The molecule has 1 aliphatic heterocycles. The van der Waals surface area contributed by atoms with Gasteiger partial charge >= 0.3 is 0 Å². The van der Waals surface area contributed by atoms with Gasteiger partial charge in [-0.2, -0.15) is 0 Å². The Bertz CT molecular complexity index is 374. The van der Waals surface area contributed by atoms with Crippen LogP contribution in [0.1, 0.15) is 75.5 Å². The van der Waals surface area contributed by atoms with E-state index in [1.165, 1.54) is 32.2 Å². The molecule has 0 amide bonds. The molecule has 0 aliphatic carbocycles. The van der Waals surface area contributed by atoms with E-state index < -0.39 is 0 Å². The van der Waals surface area contributed by atoms with E-state index in [4.69, 9.17) is 0 Å². The Morgan fingerprint density at radius 2 is 1.68 bits per heavy atom. The molecule has 1 N–H and O–H groups in total. The lowest BCUT2D eigenvalue weighted by Gasteiger charge is -2.27. The van der Waals surface area contributed by atoms with Gasteiger partial charge in [0.1, 0.15) is 0 Å². The van der Waals surface area contributed by atoms with Crippen LogP contribution in [0.2, 0.25) is 0 Å². The Hall–Kier alpha value is -0.820. The molecular weight excluding hydrogens is 230 g/mol. The van der Waals surface area contributed by atoms with Gasteiger partial charge in [0.25, 0.3) is 0 Å². The predicted molar refractivity (Wildman–Crippen MR) is 84.0 cm³/mol. The van der Waals surface area contributed by atoms with Crippen LogP contribution in [-0.2, 0) is 6.42 Å². The lowest BCUT2D eigenvalue weighted by molar-refractivity contribution is 0.397. The van der Waals surface area contributed by atoms with Crippen LogP contribution in [0.15, 0.2) is 18.2 Å². The molecule has 0 saturated carbocycles. The van der Waals surface area contributed by atoms with Crippen molar-refractivity contribution in [2.45, 2.75) is 71.3 Å². The van der Waals surface area contributed by atoms with E-state index in [1.807, 2.05) is 0 Å². The molecule has 0 spiro atoms. The van der Waals surface area contributed by atoms with Crippen molar-refractivity contribution in [3.8, 4) is 0 Å². The van der Waals surface area contributed by atoms with Crippen molar-refractivity contribution in [3.63, 3.8) is 0 Å². The average Bonchev–Trinajstić information content (AvgIpc) is 2.39. The van der Waals surface area contributed by atoms with E-state index >= 15 is 0 Å². The van der Waals surface area contributed by atoms with Crippen LogP contribution in [-0.4, -0.2) is 12.6 Å². The van der Waals surface area contributed by atoms with Crippen molar-refractivity contribution < 1.29 is 0 Å². The highest BCUT2D eigenvalue weighted by Crippen LogP contribution is 2.29. The second-order valence-corrected chi connectivity index (χ2v) is 6.58. The summed E-state index contributed by atoms with van der Waals surface area (Å²) >= 11 is 0. The second-order valence-electron chi connectivity index (χ2n) is 6.58. The normalized spacial score (nSPS) is 20.2. The fourth-order valence-corrected chi connectivity index (χ4v) is 3.29.